The number of hydrogen-bond donors (Lipinski definition) is 8. The Morgan fingerprint density at radius 1 is 0.373 bits per heavy atom. The van der Waals surface area contributed by atoms with E-state index in [9.17, 15) is 48.6 Å². The van der Waals surface area contributed by atoms with Gasteiger partial charge in [-0.2, -0.15) is 26.3 Å². The standard InChI is InChI=1S/C51H34F6N4O14/c52-50(53,54)49(51(55,56)57,27-1-19-37(47(70)71)39(25-27)45(68)60-31-7-15-35(16-8-31)74-33-11-3-29(4-12-33)58-41(62)21-23-43(64)65)28-2-20-38(48(72)73)40(26-28)46(69)61-32-9-17-36(18-10-32)75-34-13-5-30(6-14-34)59-42(63)22-24-44(66)67/h1-26H,(H,58,62)(H,59,63)(H,60,68)(H,61,69)(H,64,65)(H,66,67)(H,70,71)(H,72,73)/b23-21-,24-22-. The van der Waals surface area contributed by atoms with Crippen LogP contribution in [0.4, 0.5) is 49.1 Å². The van der Waals surface area contributed by atoms with Crippen molar-refractivity contribution in [3.05, 3.63) is 191 Å². The minimum Gasteiger partial charge on any atom is -0.478 e. The molecule has 0 aliphatic carbocycles. The lowest BCUT2D eigenvalue weighted by Crippen LogP contribution is -2.55. The number of amides is 4. The quantitative estimate of drug-likeness (QED) is 0.0294. The normalized spacial score (nSPS) is 11.6. The summed E-state index contributed by atoms with van der Waals surface area (Å²) in [5.74, 6) is -10.2. The number of nitrogens with one attached hydrogen (secondary N) is 4. The van der Waals surface area contributed by atoms with Crippen LogP contribution in [0, 0.1) is 0 Å². The van der Waals surface area contributed by atoms with E-state index in [0.29, 0.717) is 24.3 Å². The zero-order valence-corrected chi connectivity index (χ0v) is 37.7. The van der Waals surface area contributed by atoms with Crippen molar-refractivity contribution in [3.8, 4) is 23.0 Å². The molecule has 0 unspecified atom stereocenters. The lowest BCUT2D eigenvalue weighted by molar-refractivity contribution is -0.288. The van der Waals surface area contributed by atoms with E-state index in [1.807, 2.05) is 0 Å². The van der Waals surface area contributed by atoms with Gasteiger partial charge < -0.3 is 51.2 Å². The number of halogens is 6. The number of ether oxygens (including phenoxy) is 2. The van der Waals surface area contributed by atoms with E-state index in [-0.39, 0.29) is 70.0 Å². The highest BCUT2D eigenvalue weighted by molar-refractivity contribution is 6.12. The first-order valence-electron chi connectivity index (χ1n) is 21.1. The van der Waals surface area contributed by atoms with E-state index in [4.69, 9.17) is 19.7 Å². The van der Waals surface area contributed by atoms with Crippen molar-refractivity contribution in [2.45, 2.75) is 17.8 Å². The maximum Gasteiger partial charge on any atom is 0.411 e. The second-order valence-electron chi connectivity index (χ2n) is 15.4. The maximum atomic E-state index is 15.5. The number of aliphatic carboxylic acids is 2. The molecule has 4 amide bonds. The third-order valence-electron chi connectivity index (χ3n) is 10.4. The van der Waals surface area contributed by atoms with Gasteiger partial charge in [-0.3, -0.25) is 19.2 Å². The lowest BCUT2D eigenvalue weighted by atomic mass is 9.71. The molecule has 75 heavy (non-hydrogen) atoms. The van der Waals surface area contributed by atoms with Gasteiger partial charge in [0.05, 0.1) is 22.3 Å². The molecule has 24 heteroatoms. The fourth-order valence-electron chi connectivity index (χ4n) is 7.04. The average Bonchev–Trinajstić information content (AvgIpc) is 3.34. The van der Waals surface area contributed by atoms with Crippen LogP contribution in [-0.4, -0.2) is 80.3 Å². The van der Waals surface area contributed by atoms with Crippen LogP contribution in [0.5, 0.6) is 23.0 Å². The summed E-state index contributed by atoms with van der Waals surface area (Å²) >= 11 is 0. The van der Waals surface area contributed by atoms with Crippen LogP contribution in [0.15, 0.2) is 158 Å². The van der Waals surface area contributed by atoms with Crippen molar-refractivity contribution in [3.63, 3.8) is 0 Å². The molecule has 0 saturated carbocycles. The number of hydrogen-bond acceptors (Lipinski definition) is 10. The monoisotopic (exact) mass is 1040 g/mol. The number of rotatable bonds is 18. The molecule has 6 rings (SSSR count). The first-order valence-corrected chi connectivity index (χ1v) is 21.1. The Hall–Kier alpha value is -10.3. The fraction of sp³-hybridized carbons (Fsp3) is 0.0588. The number of carboxylic acids is 4. The van der Waals surface area contributed by atoms with Gasteiger partial charge in [0.25, 0.3) is 11.8 Å². The average molecular weight is 1040 g/mol. The molecule has 8 N–H and O–H groups in total. The molecule has 384 valence electrons. The first kappa shape index (κ1) is 54.1. The Bertz CT molecular complexity index is 3050. The van der Waals surface area contributed by atoms with E-state index in [1.165, 1.54) is 97.1 Å². The minimum atomic E-state index is -6.38. The molecule has 0 heterocycles. The van der Waals surface area contributed by atoms with Crippen molar-refractivity contribution < 1.29 is 94.6 Å². The van der Waals surface area contributed by atoms with Gasteiger partial charge in [-0.15, -0.1) is 0 Å². The third-order valence-corrected chi connectivity index (χ3v) is 10.4. The zero-order chi connectivity index (χ0) is 54.8. The summed E-state index contributed by atoms with van der Waals surface area (Å²) in [5.41, 5.74) is -12.7. The van der Waals surface area contributed by atoms with Crippen LogP contribution in [0.1, 0.15) is 52.6 Å². The Morgan fingerprint density at radius 3 is 0.907 bits per heavy atom. The Morgan fingerprint density at radius 2 is 0.653 bits per heavy atom. The summed E-state index contributed by atoms with van der Waals surface area (Å²) in [6.07, 6.45) is -9.90. The summed E-state index contributed by atoms with van der Waals surface area (Å²) in [4.78, 5) is 96.8. The predicted octanol–water partition coefficient (Wildman–Crippen LogP) is 9.74. The Kier molecular flexibility index (Phi) is 16.2. The molecule has 18 nitrogen and oxygen atoms in total. The van der Waals surface area contributed by atoms with Gasteiger partial charge in [-0.1, -0.05) is 12.1 Å². The van der Waals surface area contributed by atoms with Crippen LogP contribution >= 0.6 is 0 Å². The van der Waals surface area contributed by atoms with Crippen molar-refractivity contribution in [2.75, 3.05) is 21.3 Å². The van der Waals surface area contributed by atoms with Crippen LogP contribution in [-0.2, 0) is 24.6 Å². The molecule has 0 aromatic heterocycles. The molecule has 0 aliphatic rings. The number of carboxylic acid groups (broad SMARTS) is 4. The number of alkyl halides is 6. The molecule has 6 aromatic carbocycles. The molecule has 0 aliphatic heterocycles. The van der Waals surface area contributed by atoms with Gasteiger partial charge >= 0.3 is 36.2 Å². The smallest absolute Gasteiger partial charge is 0.411 e. The number of carbonyl (C=O) groups is 8. The molecule has 0 bridgehead atoms. The molecule has 0 spiro atoms. The molecular formula is C51H34F6N4O14. The SMILES string of the molecule is O=C(O)/C=C\C(=O)Nc1ccc(Oc2ccc(NC(=O)c3cc(C(c4ccc(C(=O)O)c(C(=O)Nc5ccc(Oc6ccc(NC(=O)/C=C\C(=O)O)cc6)cc5)c4)(C(F)(F)F)C(F)(F)F)ccc3C(=O)O)cc2)cc1. The second-order valence-corrected chi connectivity index (χ2v) is 15.4. The Labute approximate surface area is 417 Å². The van der Waals surface area contributed by atoms with E-state index in [1.54, 1.807) is 0 Å². The van der Waals surface area contributed by atoms with Crippen LogP contribution in [0.3, 0.4) is 0 Å². The zero-order valence-electron chi connectivity index (χ0n) is 37.7. The summed E-state index contributed by atoms with van der Waals surface area (Å²) < 4.78 is 104. The molecule has 0 radical (unpaired) electrons. The molecule has 0 atom stereocenters. The van der Waals surface area contributed by atoms with E-state index in [2.05, 4.69) is 21.3 Å². The third kappa shape index (κ3) is 13.2. The topological polar surface area (TPSA) is 284 Å². The minimum absolute atomic E-state index is 0.0786. The molecule has 0 saturated heterocycles. The first-order chi connectivity index (χ1) is 35.3. The number of anilines is 4. The summed E-state index contributed by atoms with van der Waals surface area (Å²) in [7, 11) is 0. The van der Waals surface area contributed by atoms with Gasteiger partial charge in [-0.05, 0) is 132 Å². The van der Waals surface area contributed by atoms with E-state index >= 15 is 26.3 Å². The van der Waals surface area contributed by atoms with Gasteiger partial charge in [0.2, 0.25) is 17.2 Å². The van der Waals surface area contributed by atoms with Crippen LogP contribution < -0.4 is 30.7 Å². The van der Waals surface area contributed by atoms with Gasteiger partial charge in [-0.25, -0.2) is 19.2 Å². The summed E-state index contributed by atoms with van der Waals surface area (Å²) in [6.45, 7) is 0. The van der Waals surface area contributed by atoms with E-state index in [0.717, 1.165) is 12.2 Å². The van der Waals surface area contributed by atoms with Gasteiger partial charge in [0.15, 0.2) is 0 Å². The number of carbonyl (C=O) groups excluding carboxylic acids is 4. The second kappa shape index (κ2) is 22.4. The van der Waals surface area contributed by atoms with Crippen LogP contribution in [0.25, 0.3) is 0 Å². The van der Waals surface area contributed by atoms with Crippen molar-refractivity contribution in [2.24, 2.45) is 0 Å². The predicted molar refractivity (Wildman–Crippen MR) is 252 cm³/mol. The van der Waals surface area contributed by atoms with Gasteiger partial charge in [0, 0.05) is 47.1 Å². The van der Waals surface area contributed by atoms with E-state index < -0.39 is 98.7 Å². The van der Waals surface area contributed by atoms with Gasteiger partial charge in [0.1, 0.15) is 23.0 Å². The maximum absolute atomic E-state index is 15.5. The van der Waals surface area contributed by atoms with Crippen molar-refractivity contribution in [1.82, 2.24) is 0 Å². The number of aromatic carboxylic acids is 2. The highest BCUT2D eigenvalue weighted by atomic mass is 19.4. The fourth-order valence-corrected chi connectivity index (χ4v) is 7.04. The molecule has 6 aromatic rings. The Balaban J connectivity index is 1.25. The molecule has 0 fully saturated rings. The highest BCUT2D eigenvalue weighted by Gasteiger charge is 2.72. The molecular weight excluding hydrogens is 1010 g/mol. The number of benzene rings is 6. The summed E-state index contributed by atoms with van der Waals surface area (Å²) in [5, 5.41) is 46.4. The van der Waals surface area contributed by atoms with Crippen LogP contribution in [0.2, 0.25) is 0 Å². The largest absolute Gasteiger partial charge is 0.478 e. The lowest BCUT2D eigenvalue weighted by Gasteiger charge is -2.38. The highest BCUT2D eigenvalue weighted by Crippen LogP contribution is 2.56. The van der Waals surface area contributed by atoms with Crippen molar-refractivity contribution in [1.29, 1.82) is 0 Å². The van der Waals surface area contributed by atoms with Crippen molar-refractivity contribution >= 4 is 70.3 Å². The summed E-state index contributed by atoms with van der Waals surface area (Å²) in [6, 6.07) is 22.6.